The van der Waals surface area contributed by atoms with Crippen LogP contribution in [0.3, 0.4) is 0 Å². The van der Waals surface area contributed by atoms with E-state index in [9.17, 15) is 4.39 Å². The quantitative estimate of drug-likeness (QED) is 0.619. The lowest BCUT2D eigenvalue weighted by atomic mass is 9.92. The topological polar surface area (TPSA) is 47.3 Å². The molecule has 3 N–H and O–H groups in total. The van der Waals surface area contributed by atoms with Crippen molar-refractivity contribution in [1.29, 1.82) is 0 Å². The first-order valence-electron chi connectivity index (χ1n) is 5.94. The molecule has 5 heteroatoms. The summed E-state index contributed by atoms with van der Waals surface area (Å²) in [5.74, 6) is 5.14. The molecule has 0 saturated carbocycles. The molecule has 1 rings (SSSR count). The summed E-state index contributed by atoms with van der Waals surface area (Å²) in [6, 6.07) is 4.65. The van der Waals surface area contributed by atoms with Crippen LogP contribution in [0.25, 0.3) is 0 Å². The predicted molar refractivity (Wildman–Crippen MR) is 71.9 cm³/mol. The molecule has 0 spiro atoms. The van der Waals surface area contributed by atoms with Crippen LogP contribution in [0.2, 0.25) is 5.02 Å². The van der Waals surface area contributed by atoms with Gasteiger partial charge in [0.2, 0.25) is 0 Å². The Morgan fingerprint density at radius 2 is 2.17 bits per heavy atom. The van der Waals surface area contributed by atoms with E-state index in [1.807, 2.05) is 20.8 Å². The van der Waals surface area contributed by atoms with Crippen molar-refractivity contribution in [2.24, 2.45) is 5.84 Å². The Bertz CT molecular complexity index is 399. The van der Waals surface area contributed by atoms with Gasteiger partial charge in [0.1, 0.15) is 5.82 Å². The summed E-state index contributed by atoms with van der Waals surface area (Å²) in [6.45, 7) is 6.43. The first-order chi connectivity index (χ1) is 8.40. The maximum atomic E-state index is 13.4. The fraction of sp³-hybridized carbons (Fsp3) is 0.538. The lowest BCUT2D eigenvalue weighted by Gasteiger charge is -2.33. The zero-order valence-corrected chi connectivity index (χ0v) is 11.7. The molecule has 1 aromatic rings. The smallest absolute Gasteiger partial charge is 0.142 e. The molecule has 0 saturated heterocycles. The SMILES string of the molecule is CCOC(C)(C)C(Cc1ccc(Cl)c(F)c1)NN. The lowest BCUT2D eigenvalue weighted by molar-refractivity contribution is -0.0381. The van der Waals surface area contributed by atoms with Crippen molar-refractivity contribution in [2.75, 3.05) is 6.61 Å². The van der Waals surface area contributed by atoms with Crippen molar-refractivity contribution in [3.05, 3.63) is 34.6 Å². The zero-order chi connectivity index (χ0) is 13.8. The molecular weight excluding hydrogens is 255 g/mol. The number of ether oxygens (including phenoxy) is 1. The van der Waals surface area contributed by atoms with Crippen LogP contribution in [0.5, 0.6) is 0 Å². The summed E-state index contributed by atoms with van der Waals surface area (Å²) in [5.41, 5.74) is 3.12. The van der Waals surface area contributed by atoms with Crippen LogP contribution in [-0.4, -0.2) is 18.2 Å². The van der Waals surface area contributed by atoms with Gasteiger partial charge in [0.25, 0.3) is 0 Å². The van der Waals surface area contributed by atoms with Gasteiger partial charge < -0.3 is 4.74 Å². The van der Waals surface area contributed by atoms with E-state index in [-0.39, 0.29) is 11.1 Å². The molecule has 0 heterocycles. The summed E-state index contributed by atoms with van der Waals surface area (Å²) in [4.78, 5) is 0. The van der Waals surface area contributed by atoms with Crippen molar-refractivity contribution < 1.29 is 9.13 Å². The summed E-state index contributed by atoms with van der Waals surface area (Å²) in [5, 5.41) is 0.125. The fourth-order valence-electron chi connectivity index (χ4n) is 1.88. The molecule has 1 unspecified atom stereocenters. The van der Waals surface area contributed by atoms with Crippen LogP contribution in [0, 0.1) is 5.82 Å². The van der Waals surface area contributed by atoms with Crippen molar-refractivity contribution in [3.8, 4) is 0 Å². The molecule has 0 aromatic heterocycles. The van der Waals surface area contributed by atoms with Crippen molar-refractivity contribution >= 4 is 11.6 Å². The second-order valence-corrected chi connectivity index (χ2v) is 5.12. The highest BCUT2D eigenvalue weighted by atomic mass is 35.5. The van der Waals surface area contributed by atoms with Gasteiger partial charge in [0.05, 0.1) is 16.7 Å². The Morgan fingerprint density at radius 1 is 1.50 bits per heavy atom. The second-order valence-electron chi connectivity index (χ2n) is 4.71. The molecule has 1 aromatic carbocycles. The summed E-state index contributed by atoms with van der Waals surface area (Å²) in [6.07, 6.45) is 0.567. The average molecular weight is 275 g/mol. The van der Waals surface area contributed by atoms with E-state index < -0.39 is 11.4 Å². The number of hydrogen-bond donors (Lipinski definition) is 2. The van der Waals surface area contributed by atoms with E-state index in [1.54, 1.807) is 12.1 Å². The third kappa shape index (κ3) is 3.92. The second kappa shape index (κ2) is 6.48. The Kier molecular flexibility index (Phi) is 5.53. The first kappa shape index (κ1) is 15.4. The molecule has 0 aliphatic heterocycles. The van der Waals surface area contributed by atoms with Gasteiger partial charge in [0.15, 0.2) is 0 Å². The van der Waals surface area contributed by atoms with Gasteiger partial charge in [-0.15, -0.1) is 0 Å². The maximum absolute atomic E-state index is 13.4. The van der Waals surface area contributed by atoms with Crippen molar-refractivity contribution in [3.63, 3.8) is 0 Å². The first-order valence-corrected chi connectivity index (χ1v) is 6.32. The lowest BCUT2D eigenvalue weighted by Crippen LogP contribution is -2.52. The summed E-state index contributed by atoms with van der Waals surface area (Å²) >= 11 is 5.65. The number of benzene rings is 1. The van der Waals surface area contributed by atoms with Gasteiger partial charge in [-0.05, 0) is 44.9 Å². The highest BCUT2D eigenvalue weighted by Crippen LogP contribution is 2.21. The van der Waals surface area contributed by atoms with E-state index in [0.717, 1.165) is 5.56 Å². The monoisotopic (exact) mass is 274 g/mol. The Morgan fingerprint density at radius 3 is 2.67 bits per heavy atom. The van der Waals surface area contributed by atoms with Crippen LogP contribution in [0.15, 0.2) is 18.2 Å². The normalized spacial score (nSPS) is 13.7. The minimum atomic E-state index is -0.431. The number of hydrazine groups is 1. The van der Waals surface area contributed by atoms with Gasteiger partial charge in [-0.2, -0.15) is 0 Å². The van der Waals surface area contributed by atoms with Crippen LogP contribution < -0.4 is 11.3 Å². The minimum absolute atomic E-state index is 0.113. The molecule has 1 atom stereocenters. The predicted octanol–water partition coefficient (Wildman–Crippen LogP) is 2.67. The molecule has 102 valence electrons. The molecule has 0 aliphatic rings. The van der Waals surface area contributed by atoms with Gasteiger partial charge in [-0.1, -0.05) is 17.7 Å². The molecule has 0 bridgehead atoms. The van der Waals surface area contributed by atoms with E-state index in [4.69, 9.17) is 22.2 Å². The number of rotatable bonds is 6. The molecule has 0 amide bonds. The van der Waals surface area contributed by atoms with Crippen LogP contribution in [0.4, 0.5) is 4.39 Å². The Balaban J connectivity index is 2.82. The van der Waals surface area contributed by atoms with Crippen LogP contribution >= 0.6 is 11.6 Å². The number of nitrogens with two attached hydrogens (primary N) is 1. The number of nitrogens with one attached hydrogen (secondary N) is 1. The summed E-state index contributed by atoms with van der Waals surface area (Å²) < 4.78 is 19.0. The summed E-state index contributed by atoms with van der Waals surface area (Å²) in [7, 11) is 0. The van der Waals surface area contributed by atoms with Gasteiger partial charge in [0, 0.05) is 6.61 Å². The van der Waals surface area contributed by atoms with Gasteiger partial charge in [-0.25, -0.2) is 4.39 Å². The van der Waals surface area contributed by atoms with Gasteiger partial charge >= 0.3 is 0 Å². The number of halogens is 2. The molecule has 0 fully saturated rings. The van der Waals surface area contributed by atoms with E-state index >= 15 is 0 Å². The van der Waals surface area contributed by atoms with Crippen LogP contribution in [0.1, 0.15) is 26.3 Å². The third-order valence-electron chi connectivity index (χ3n) is 2.98. The Hall–Kier alpha value is -0.680. The standard InChI is InChI=1S/C13H20ClFN2O/c1-4-18-13(2,3)12(17-16)8-9-5-6-10(14)11(15)7-9/h5-7,12,17H,4,8,16H2,1-3H3. The molecule has 3 nitrogen and oxygen atoms in total. The molecular formula is C13H20ClFN2O. The van der Waals surface area contributed by atoms with E-state index in [0.29, 0.717) is 13.0 Å². The van der Waals surface area contributed by atoms with Crippen LogP contribution in [-0.2, 0) is 11.2 Å². The largest absolute Gasteiger partial charge is 0.374 e. The van der Waals surface area contributed by atoms with Crippen molar-refractivity contribution in [1.82, 2.24) is 5.43 Å². The average Bonchev–Trinajstić information content (AvgIpc) is 2.30. The third-order valence-corrected chi connectivity index (χ3v) is 3.29. The fourth-order valence-corrected chi connectivity index (χ4v) is 2.00. The molecule has 0 aliphatic carbocycles. The number of hydrogen-bond acceptors (Lipinski definition) is 3. The van der Waals surface area contributed by atoms with Gasteiger partial charge in [-0.3, -0.25) is 11.3 Å². The highest BCUT2D eigenvalue weighted by molar-refractivity contribution is 6.30. The van der Waals surface area contributed by atoms with E-state index in [1.165, 1.54) is 6.07 Å². The zero-order valence-electron chi connectivity index (χ0n) is 11.0. The minimum Gasteiger partial charge on any atom is -0.374 e. The Labute approximate surface area is 112 Å². The molecule has 18 heavy (non-hydrogen) atoms. The van der Waals surface area contributed by atoms with E-state index in [2.05, 4.69) is 5.43 Å². The highest BCUT2D eigenvalue weighted by Gasteiger charge is 2.29. The molecule has 0 radical (unpaired) electrons. The maximum Gasteiger partial charge on any atom is 0.142 e. The van der Waals surface area contributed by atoms with Crippen molar-refractivity contribution in [2.45, 2.75) is 38.8 Å².